The Morgan fingerprint density at radius 1 is 1.53 bits per heavy atom. The van der Waals surface area contributed by atoms with E-state index in [1.54, 1.807) is 17.8 Å². The number of H-pyrrole nitrogens is 1. The van der Waals surface area contributed by atoms with E-state index in [-0.39, 0.29) is 17.9 Å². The molecule has 0 bridgehead atoms. The molecular formula is C13H15FN4S. The highest BCUT2D eigenvalue weighted by Gasteiger charge is 2.24. The van der Waals surface area contributed by atoms with Crippen LogP contribution in [-0.2, 0) is 0 Å². The lowest BCUT2D eigenvalue weighted by Crippen LogP contribution is -2.28. The van der Waals surface area contributed by atoms with Crippen LogP contribution in [0.1, 0.15) is 36.8 Å². The number of hydrogen-bond acceptors (Lipinski definition) is 4. The van der Waals surface area contributed by atoms with Gasteiger partial charge in [0.2, 0.25) is 0 Å². The average Bonchev–Trinajstić information content (AvgIpc) is 2.94. The van der Waals surface area contributed by atoms with Crippen LogP contribution in [0, 0.1) is 5.82 Å². The SMILES string of the molecule is CC(NC1CCSc2c(F)cccc21)c1ncn[nH]1. The van der Waals surface area contributed by atoms with Crippen molar-refractivity contribution in [2.24, 2.45) is 0 Å². The lowest BCUT2D eigenvalue weighted by molar-refractivity contribution is 0.432. The molecule has 6 heteroatoms. The van der Waals surface area contributed by atoms with Crippen LogP contribution in [0.5, 0.6) is 0 Å². The standard InChI is InChI=1S/C13H15FN4S/c1-8(13-15-7-16-18-13)17-11-5-6-19-12-9(11)3-2-4-10(12)14/h2-4,7-8,11,17H,5-6H2,1H3,(H,15,16,18). The molecule has 4 nitrogen and oxygen atoms in total. The Hall–Kier alpha value is -1.40. The topological polar surface area (TPSA) is 53.6 Å². The summed E-state index contributed by atoms with van der Waals surface area (Å²) in [6, 6.07) is 5.51. The molecule has 0 aliphatic carbocycles. The summed E-state index contributed by atoms with van der Waals surface area (Å²) >= 11 is 1.59. The number of aromatic amines is 1. The fourth-order valence-electron chi connectivity index (χ4n) is 2.36. The van der Waals surface area contributed by atoms with Gasteiger partial charge in [0.05, 0.1) is 6.04 Å². The number of fused-ring (bicyclic) bond motifs is 1. The van der Waals surface area contributed by atoms with Crippen LogP contribution >= 0.6 is 11.8 Å². The first-order valence-corrected chi connectivity index (χ1v) is 7.27. The van der Waals surface area contributed by atoms with Gasteiger partial charge in [-0.15, -0.1) is 11.8 Å². The van der Waals surface area contributed by atoms with Crippen molar-refractivity contribution in [2.75, 3.05) is 5.75 Å². The second kappa shape index (κ2) is 5.30. The Labute approximate surface area is 115 Å². The largest absolute Gasteiger partial charge is 0.301 e. The third-order valence-corrected chi connectivity index (χ3v) is 4.48. The minimum Gasteiger partial charge on any atom is -0.301 e. The maximum atomic E-state index is 13.8. The highest BCUT2D eigenvalue weighted by Crippen LogP contribution is 2.38. The summed E-state index contributed by atoms with van der Waals surface area (Å²) < 4.78 is 13.8. The molecule has 1 aliphatic heterocycles. The third-order valence-electron chi connectivity index (χ3n) is 3.32. The molecule has 2 N–H and O–H groups in total. The van der Waals surface area contributed by atoms with E-state index in [1.807, 2.05) is 13.0 Å². The fraction of sp³-hybridized carbons (Fsp3) is 0.385. The first-order chi connectivity index (χ1) is 9.25. The van der Waals surface area contributed by atoms with E-state index >= 15 is 0 Å². The monoisotopic (exact) mass is 278 g/mol. The Morgan fingerprint density at radius 2 is 2.42 bits per heavy atom. The van der Waals surface area contributed by atoms with Crippen LogP contribution in [0.25, 0.3) is 0 Å². The minimum absolute atomic E-state index is 0.0618. The number of aromatic nitrogens is 3. The number of rotatable bonds is 3. The fourth-order valence-corrected chi connectivity index (χ4v) is 3.50. The molecule has 19 heavy (non-hydrogen) atoms. The van der Waals surface area contributed by atoms with E-state index in [9.17, 15) is 4.39 Å². The number of benzene rings is 1. The van der Waals surface area contributed by atoms with E-state index in [2.05, 4.69) is 20.5 Å². The van der Waals surface area contributed by atoms with Crippen LogP contribution in [0.15, 0.2) is 29.4 Å². The van der Waals surface area contributed by atoms with Crippen LogP contribution in [0.2, 0.25) is 0 Å². The second-order valence-electron chi connectivity index (χ2n) is 4.61. The van der Waals surface area contributed by atoms with Crippen molar-refractivity contribution < 1.29 is 4.39 Å². The van der Waals surface area contributed by atoms with Crippen molar-refractivity contribution in [2.45, 2.75) is 30.3 Å². The third kappa shape index (κ3) is 2.50. The highest BCUT2D eigenvalue weighted by molar-refractivity contribution is 7.99. The maximum Gasteiger partial charge on any atom is 0.141 e. The first-order valence-electron chi connectivity index (χ1n) is 6.28. The van der Waals surface area contributed by atoms with Crippen molar-refractivity contribution in [3.63, 3.8) is 0 Å². The van der Waals surface area contributed by atoms with Gasteiger partial charge < -0.3 is 5.32 Å². The summed E-state index contributed by atoms with van der Waals surface area (Å²) in [4.78, 5) is 4.92. The van der Waals surface area contributed by atoms with Crippen LogP contribution in [0.3, 0.4) is 0 Å². The average molecular weight is 278 g/mol. The van der Waals surface area contributed by atoms with Gasteiger partial charge in [0, 0.05) is 10.9 Å². The normalized spacial score (nSPS) is 20.0. The predicted octanol–water partition coefficient (Wildman–Crippen LogP) is 2.83. The summed E-state index contributed by atoms with van der Waals surface area (Å²) in [5.41, 5.74) is 1.04. The van der Waals surface area contributed by atoms with Crippen molar-refractivity contribution in [1.29, 1.82) is 0 Å². The molecule has 1 aromatic carbocycles. The van der Waals surface area contributed by atoms with Gasteiger partial charge in [-0.1, -0.05) is 12.1 Å². The number of halogens is 1. The van der Waals surface area contributed by atoms with Crippen LogP contribution in [-0.4, -0.2) is 20.9 Å². The van der Waals surface area contributed by atoms with E-state index < -0.39 is 0 Å². The molecule has 2 aromatic rings. The zero-order valence-electron chi connectivity index (χ0n) is 10.6. The van der Waals surface area contributed by atoms with E-state index in [1.165, 1.54) is 12.4 Å². The van der Waals surface area contributed by atoms with E-state index in [4.69, 9.17) is 0 Å². The summed E-state index contributed by atoms with van der Waals surface area (Å²) in [6.07, 6.45) is 2.48. The molecule has 1 aromatic heterocycles. The lowest BCUT2D eigenvalue weighted by Gasteiger charge is -2.28. The second-order valence-corrected chi connectivity index (χ2v) is 5.71. The molecule has 0 saturated carbocycles. The Bertz CT molecular complexity index is 558. The quantitative estimate of drug-likeness (QED) is 0.906. The summed E-state index contributed by atoms with van der Waals surface area (Å²) in [5, 5.41) is 10.2. The molecule has 0 radical (unpaired) electrons. The van der Waals surface area contributed by atoms with Gasteiger partial charge in [0.25, 0.3) is 0 Å². The van der Waals surface area contributed by atoms with Gasteiger partial charge in [-0.25, -0.2) is 9.37 Å². The van der Waals surface area contributed by atoms with E-state index in [0.29, 0.717) is 0 Å². The summed E-state index contributed by atoms with van der Waals surface area (Å²) in [6.45, 7) is 2.03. The molecular weight excluding hydrogens is 263 g/mol. The number of nitrogens with one attached hydrogen (secondary N) is 2. The Kier molecular flexibility index (Phi) is 3.52. The van der Waals surface area contributed by atoms with Crippen molar-refractivity contribution in [3.05, 3.63) is 41.7 Å². The molecule has 0 spiro atoms. The van der Waals surface area contributed by atoms with Gasteiger partial charge in [-0.2, -0.15) is 5.10 Å². The van der Waals surface area contributed by atoms with Gasteiger partial charge in [-0.3, -0.25) is 5.10 Å². The van der Waals surface area contributed by atoms with E-state index in [0.717, 1.165) is 28.5 Å². The maximum absolute atomic E-state index is 13.8. The van der Waals surface area contributed by atoms with Crippen LogP contribution < -0.4 is 5.32 Å². The molecule has 0 fully saturated rings. The zero-order chi connectivity index (χ0) is 13.2. The smallest absolute Gasteiger partial charge is 0.141 e. The van der Waals surface area contributed by atoms with Crippen molar-refractivity contribution >= 4 is 11.8 Å². The molecule has 0 saturated heterocycles. The van der Waals surface area contributed by atoms with Gasteiger partial charge in [0.1, 0.15) is 18.0 Å². The molecule has 2 heterocycles. The first kappa shape index (κ1) is 12.6. The molecule has 1 aliphatic rings. The lowest BCUT2D eigenvalue weighted by atomic mass is 10.0. The number of nitrogens with zero attached hydrogens (tertiary/aromatic N) is 2. The summed E-state index contributed by atoms with van der Waals surface area (Å²) in [5.74, 6) is 1.60. The van der Waals surface area contributed by atoms with Gasteiger partial charge >= 0.3 is 0 Å². The van der Waals surface area contributed by atoms with Gasteiger partial charge in [-0.05, 0) is 30.7 Å². The van der Waals surface area contributed by atoms with Crippen molar-refractivity contribution in [3.8, 4) is 0 Å². The summed E-state index contributed by atoms with van der Waals surface area (Å²) in [7, 11) is 0. The molecule has 2 unspecified atom stereocenters. The zero-order valence-corrected chi connectivity index (χ0v) is 11.4. The number of thioether (sulfide) groups is 1. The molecule has 0 amide bonds. The predicted molar refractivity (Wildman–Crippen MR) is 72.4 cm³/mol. The Morgan fingerprint density at radius 3 is 3.21 bits per heavy atom. The van der Waals surface area contributed by atoms with Crippen LogP contribution in [0.4, 0.5) is 4.39 Å². The molecule has 2 atom stereocenters. The molecule has 100 valence electrons. The minimum atomic E-state index is -0.124. The molecule has 3 rings (SSSR count). The van der Waals surface area contributed by atoms with Gasteiger partial charge in [0.15, 0.2) is 0 Å². The Balaban J connectivity index is 1.82. The highest BCUT2D eigenvalue weighted by atomic mass is 32.2. The van der Waals surface area contributed by atoms with Crippen molar-refractivity contribution in [1.82, 2.24) is 20.5 Å². The number of hydrogen-bond donors (Lipinski definition) is 2.